The van der Waals surface area contributed by atoms with Crippen molar-refractivity contribution in [3.05, 3.63) is 42.4 Å². The number of aryl methyl sites for hydroxylation is 1. The highest BCUT2D eigenvalue weighted by molar-refractivity contribution is 5.88. The molecule has 0 amide bonds. The molecule has 0 aliphatic rings. The Labute approximate surface area is 117 Å². The number of nitrogens with zero attached hydrogens (tertiary/aromatic N) is 4. The molecule has 0 bridgehead atoms. The Morgan fingerprint density at radius 2 is 1.85 bits per heavy atom. The van der Waals surface area contributed by atoms with Crippen molar-refractivity contribution in [2.45, 2.75) is 19.8 Å². The van der Waals surface area contributed by atoms with E-state index in [0.717, 1.165) is 22.5 Å². The molecule has 5 heteroatoms. The van der Waals surface area contributed by atoms with E-state index in [9.17, 15) is 0 Å². The van der Waals surface area contributed by atoms with Crippen LogP contribution in [0.4, 0.5) is 11.5 Å². The number of fused-ring (bicyclic) bond motifs is 1. The van der Waals surface area contributed by atoms with Gasteiger partial charge in [-0.3, -0.25) is 4.68 Å². The third kappa shape index (κ3) is 2.22. The normalized spacial score (nSPS) is 11.2. The fraction of sp³-hybridized carbons (Fsp3) is 0.267. The van der Waals surface area contributed by atoms with Gasteiger partial charge in [0.05, 0.1) is 11.6 Å². The van der Waals surface area contributed by atoms with Crippen LogP contribution in [-0.2, 0) is 7.05 Å². The molecule has 1 aromatic carbocycles. The van der Waals surface area contributed by atoms with E-state index < -0.39 is 0 Å². The highest BCUT2D eigenvalue weighted by Crippen LogP contribution is 2.23. The van der Waals surface area contributed by atoms with Crippen molar-refractivity contribution < 1.29 is 0 Å². The standard InChI is InChI=1S/C15H17N5/c1-10(2)11-4-6-12(7-5-11)19-14-13-8-18-20(3)15(13)17-9-16-14/h4-10H,1-3H3,(H,16,17,19). The molecule has 0 aliphatic carbocycles. The van der Waals surface area contributed by atoms with Gasteiger partial charge in [-0.25, -0.2) is 9.97 Å². The lowest BCUT2D eigenvalue weighted by Crippen LogP contribution is -1.97. The Morgan fingerprint density at radius 1 is 1.10 bits per heavy atom. The summed E-state index contributed by atoms with van der Waals surface area (Å²) in [6.07, 6.45) is 3.33. The Bertz CT molecular complexity index is 728. The van der Waals surface area contributed by atoms with E-state index in [4.69, 9.17) is 0 Å². The first-order valence-corrected chi connectivity index (χ1v) is 6.65. The highest BCUT2D eigenvalue weighted by Gasteiger charge is 2.08. The quantitative estimate of drug-likeness (QED) is 0.791. The summed E-state index contributed by atoms with van der Waals surface area (Å²) in [4.78, 5) is 8.53. The van der Waals surface area contributed by atoms with Crippen LogP contribution >= 0.6 is 0 Å². The second kappa shape index (κ2) is 4.92. The van der Waals surface area contributed by atoms with Crippen LogP contribution in [0.5, 0.6) is 0 Å². The van der Waals surface area contributed by atoms with Crippen LogP contribution in [0.15, 0.2) is 36.8 Å². The van der Waals surface area contributed by atoms with Crippen LogP contribution in [-0.4, -0.2) is 19.7 Å². The van der Waals surface area contributed by atoms with Gasteiger partial charge in [-0.1, -0.05) is 26.0 Å². The van der Waals surface area contributed by atoms with Crippen molar-refractivity contribution in [2.75, 3.05) is 5.32 Å². The molecule has 0 unspecified atom stereocenters. The highest BCUT2D eigenvalue weighted by atomic mass is 15.3. The van der Waals surface area contributed by atoms with Gasteiger partial charge in [-0.15, -0.1) is 0 Å². The molecule has 5 nitrogen and oxygen atoms in total. The summed E-state index contributed by atoms with van der Waals surface area (Å²) in [5.74, 6) is 1.31. The zero-order valence-corrected chi connectivity index (χ0v) is 11.8. The van der Waals surface area contributed by atoms with Gasteiger partial charge in [0.25, 0.3) is 0 Å². The smallest absolute Gasteiger partial charge is 0.163 e. The predicted molar refractivity (Wildman–Crippen MR) is 80.1 cm³/mol. The lowest BCUT2D eigenvalue weighted by molar-refractivity contribution is 0.785. The van der Waals surface area contributed by atoms with Crippen molar-refractivity contribution in [2.24, 2.45) is 7.05 Å². The van der Waals surface area contributed by atoms with Crippen molar-refractivity contribution in [1.29, 1.82) is 0 Å². The van der Waals surface area contributed by atoms with Crippen LogP contribution in [0.25, 0.3) is 11.0 Å². The molecule has 0 atom stereocenters. The Balaban J connectivity index is 1.93. The molecule has 0 saturated carbocycles. The van der Waals surface area contributed by atoms with Crippen LogP contribution in [0, 0.1) is 0 Å². The van der Waals surface area contributed by atoms with Crippen molar-refractivity contribution in [3.8, 4) is 0 Å². The summed E-state index contributed by atoms with van der Waals surface area (Å²) in [6.45, 7) is 4.37. The van der Waals surface area contributed by atoms with Crippen LogP contribution < -0.4 is 5.32 Å². The molecule has 20 heavy (non-hydrogen) atoms. The minimum Gasteiger partial charge on any atom is -0.340 e. The zero-order chi connectivity index (χ0) is 14.1. The van der Waals surface area contributed by atoms with Gasteiger partial charge in [0.1, 0.15) is 12.1 Å². The summed E-state index contributed by atoms with van der Waals surface area (Å²) < 4.78 is 1.74. The first kappa shape index (κ1) is 12.6. The molecule has 3 rings (SSSR count). The van der Waals surface area contributed by atoms with Gasteiger partial charge in [-0.05, 0) is 23.6 Å². The number of aromatic nitrogens is 4. The minimum absolute atomic E-state index is 0.535. The number of anilines is 2. The third-order valence-corrected chi connectivity index (χ3v) is 3.37. The molecule has 1 N–H and O–H groups in total. The summed E-state index contributed by atoms with van der Waals surface area (Å²) in [5.41, 5.74) is 3.16. The maximum absolute atomic E-state index is 4.30. The van der Waals surface area contributed by atoms with E-state index in [-0.39, 0.29) is 0 Å². The number of hydrogen-bond acceptors (Lipinski definition) is 4. The first-order valence-electron chi connectivity index (χ1n) is 6.65. The van der Waals surface area contributed by atoms with Gasteiger partial charge in [-0.2, -0.15) is 5.10 Å². The monoisotopic (exact) mass is 267 g/mol. The van der Waals surface area contributed by atoms with Gasteiger partial charge in [0, 0.05) is 12.7 Å². The molecule has 0 aliphatic heterocycles. The number of benzene rings is 1. The molecular weight excluding hydrogens is 250 g/mol. The third-order valence-electron chi connectivity index (χ3n) is 3.37. The molecule has 3 aromatic rings. The zero-order valence-electron chi connectivity index (χ0n) is 11.8. The van der Waals surface area contributed by atoms with E-state index in [1.54, 1.807) is 17.2 Å². The van der Waals surface area contributed by atoms with E-state index in [1.165, 1.54) is 5.56 Å². The van der Waals surface area contributed by atoms with Crippen LogP contribution in [0.2, 0.25) is 0 Å². The van der Waals surface area contributed by atoms with Crippen molar-refractivity contribution >= 4 is 22.5 Å². The minimum atomic E-state index is 0.535. The number of hydrogen-bond donors (Lipinski definition) is 1. The van der Waals surface area contributed by atoms with Gasteiger partial charge < -0.3 is 5.32 Å². The SMILES string of the molecule is CC(C)c1ccc(Nc2ncnc3c2cnn3C)cc1. The molecular formula is C15H17N5. The molecule has 0 fully saturated rings. The summed E-state index contributed by atoms with van der Waals surface area (Å²) >= 11 is 0. The van der Waals surface area contributed by atoms with Crippen molar-refractivity contribution in [1.82, 2.24) is 19.7 Å². The fourth-order valence-corrected chi connectivity index (χ4v) is 2.15. The number of rotatable bonds is 3. The molecule has 0 spiro atoms. The van der Waals surface area contributed by atoms with Gasteiger partial charge in [0.2, 0.25) is 0 Å². The molecule has 0 saturated heterocycles. The van der Waals surface area contributed by atoms with Gasteiger partial charge in [0.15, 0.2) is 5.65 Å². The predicted octanol–water partition coefficient (Wildman–Crippen LogP) is 3.23. The lowest BCUT2D eigenvalue weighted by Gasteiger charge is -2.09. The van der Waals surface area contributed by atoms with E-state index in [2.05, 4.69) is 58.5 Å². The maximum Gasteiger partial charge on any atom is 0.163 e. The second-order valence-corrected chi connectivity index (χ2v) is 5.13. The summed E-state index contributed by atoms with van der Waals surface area (Å²) in [7, 11) is 1.87. The topological polar surface area (TPSA) is 55.6 Å². The van der Waals surface area contributed by atoms with E-state index in [1.807, 2.05) is 7.05 Å². The second-order valence-electron chi connectivity index (χ2n) is 5.13. The van der Waals surface area contributed by atoms with E-state index >= 15 is 0 Å². The fourth-order valence-electron chi connectivity index (χ4n) is 2.15. The Morgan fingerprint density at radius 3 is 2.55 bits per heavy atom. The molecule has 102 valence electrons. The number of nitrogens with one attached hydrogen (secondary N) is 1. The lowest BCUT2D eigenvalue weighted by atomic mass is 10.0. The van der Waals surface area contributed by atoms with Crippen LogP contribution in [0.1, 0.15) is 25.3 Å². The maximum atomic E-state index is 4.30. The largest absolute Gasteiger partial charge is 0.340 e. The van der Waals surface area contributed by atoms with E-state index in [0.29, 0.717) is 5.92 Å². The Kier molecular flexibility index (Phi) is 3.10. The molecule has 2 aromatic heterocycles. The average molecular weight is 267 g/mol. The molecule has 2 heterocycles. The van der Waals surface area contributed by atoms with Crippen molar-refractivity contribution in [3.63, 3.8) is 0 Å². The summed E-state index contributed by atoms with van der Waals surface area (Å²) in [6, 6.07) is 8.41. The first-order chi connectivity index (χ1) is 9.65. The molecule has 0 radical (unpaired) electrons. The van der Waals surface area contributed by atoms with Gasteiger partial charge >= 0.3 is 0 Å². The van der Waals surface area contributed by atoms with Crippen LogP contribution in [0.3, 0.4) is 0 Å². The summed E-state index contributed by atoms with van der Waals surface area (Å²) in [5, 5.41) is 8.45. The Hall–Kier alpha value is -2.43. The average Bonchev–Trinajstić information content (AvgIpc) is 2.82.